The van der Waals surface area contributed by atoms with Crippen LogP contribution in [0, 0.1) is 61.3 Å². The van der Waals surface area contributed by atoms with Gasteiger partial charge in [-0.25, -0.2) is 4.79 Å². The van der Waals surface area contributed by atoms with E-state index in [4.69, 9.17) is 0 Å². The largest absolute Gasteiger partial charge is 0.508 e. The summed E-state index contributed by atoms with van der Waals surface area (Å²) in [4.78, 5) is 12.6. The number of hydrogen-bond donors (Lipinski definition) is 2. The van der Waals surface area contributed by atoms with Crippen LogP contribution in [0.25, 0.3) is 17.2 Å². The molecule has 3 aromatic rings. The third-order valence-corrected chi connectivity index (χ3v) is 11.0. The minimum atomic E-state index is -0.362. The van der Waals surface area contributed by atoms with E-state index in [0.717, 1.165) is 48.8 Å². The molecule has 0 aliphatic heterocycles. The molecule has 1 radical (unpaired) electrons. The number of carbonyl (C=O) groups excluding carboxylic acids is 1. The van der Waals surface area contributed by atoms with Gasteiger partial charge < -0.3 is 14.9 Å². The van der Waals surface area contributed by atoms with E-state index in [0.29, 0.717) is 28.8 Å². The maximum atomic E-state index is 11.4. The zero-order valence-electron chi connectivity index (χ0n) is 23.1. The van der Waals surface area contributed by atoms with Gasteiger partial charge in [0.05, 0.1) is 13.2 Å². The molecule has 2 fully saturated rings. The Labute approximate surface area is 277 Å². The van der Waals surface area contributed by atoms with Crippen molar-refractivity contribution in [1.29, 1.82) is 0 Å². The number of phenolic OH excluding ortho intramolecular Hbond substituents is 1. The molecule has 0 heterocycles. The predicted molar refractivity (Wildman–Crippen MR) is 157 cm³/mol. The van der Waals surface area contributed by atoms with E-state index in [1.165, 1.54) is 29.2 Å². The second kappa shape index (κ2) is 12.3. The number of phenols is 1. The first-order valence-electron chi connectivity index (χ1n) is 14.0. The summed E-state index contributed by atoms with van der Waals surface area (Å²) in [6, 6.07) is 23.0. The van der Waals surface area contributed by atoms with Gasteiger partial charge in [0.2, 0.25) is 0 Å². The van der Waals surface area contributed by atoms with Crippen LogP contribution < -0.4 is 0 Å². The van der Waals surface area contributed by atoms with E-state index in [9.17, 15) is 15.0 Å². The van der Waals surface area contributed by atoms with Gasteiger partial charge in [0.15, 0.2) is 0 Å². The van der Waals surface area contributed by atoms with Gasteiger partial charge in [-0.15, -0.1) is 11.8 Å². The van der Waals surface area contributed by atoms with Crippen LogP contribution in [0.2, 0.25) is 0 Å². The Bertz CT molecular complexity index is 1390. The summed E-state index contributed by atoms with van der Waals surface area (Å²) in [5.41, 5.74) is 5.95. The normalized spacial score (nSPS) is 28.7. The van der Waals surface area contributed by atoms with Gasteiger partial charge >= 0.3 is 5.97 Å². The number of aromatic hydroxyl groups is 1. The maximum absolute atomic E-state index is 11.4. The molecule has 3 aromatic carbocycles. The molecule has 0 saturated heterocycles. The Morgan fingerprint density at radius 1 is 1.00 bits per heavy atom. The third kappa shape index (κ3) is 5.71. The molecule has 0 aromatic heterocycles. The number of aliphatic hydroxyl groups excluding tert-OH is 1. The molecule has 6 unspecified atom stereocenters. The minimum absolute atomic E-state index is 0. The van der Waals surface area contributed by atoms with Crippen LogP contribution in [0.5, 0.6) is 5.75 Å². The molecule has 0 spiro atoms. The van der Waals surface area contributed by atoms with Crippen molar-refractivity contribution in [3.05, 3.63) is 89.5 Å². The summed E-state index contributed by atoms with van der Waals surface area (Å²) >= 11 is 1.97. The van der Waals surface area contributed by atoms with E-state index in [-0.39, 0.29) is 61.6 Å². The first-order valence-corrected chi connectivity index (χ1v) is 14.9. The SMILES string of the molecule is COC(=O)/C=C/c1ccc(-c2ccc(SC3Cc4cc(O)ccc4C4CCC5(C)C(O)CCC5C34)cc2)cc1.[Ac]. The van der Waals surface area contributed by atoms with Crippen molar-refractivity contribution in [2.75, 3.05) is 7.11 Å². The average molecular weight is 768 g/mol. The number of esters is 1. The fourth-order valence-corrected chi connectivity index (χ4v) is 9.01. The number of thioether (sulfide) groups is 1. The standard InChI is InChI=1S/C34H36O4S.Ac/c1-34-18-17-28-27-13-10-25(35)19-24(27)20-30(33(28)29(34)14-15-31(34)36)39-26-11-8-23(9-12-26)22-6-3-21(4-7-22)5-16-32(37)38-2;/h3-13,16,19,28-31,33,35-36H,14-15,17-18,20H2,1-2H3;/b16-5+;. The van der Waals surface area contributed by atoms with Crippen molar-refractivity contribution in [2.24, 2.45) is 17.3 Å². The van der Waals surface area contributed by atoms with E-state index in [1.54, 1.807) is 6.08 Å². The van der Waals surface area contributed by atoms with Crippen molar-refractivity contribution < 1.29 is 63.8 Å². The van der Waals surface area contributed by atoms with Crippen LogP contribution in [-0.2, 0) is 16.0 Å². The molecular weight excluding hydrogens is 731 g/mol. The van der Waals surface area contributed by atoms with E-state index >= 15 is 0 Å². The van der Waals surface area contributed by atoms with Crippen LogP contribution in [0.15, 0.2) is 77.7 Å². The Balaban J connectivity index is 0.00000323. The fourth-order valence-electron chi connectivity index (χ4n) is 7.57. The van der Waals surface area contributed by atoms with Crippen LogP contribution in [0.1, 0.15) is 55.2 Å². The van der Waals surface area contributed by atoms with Crippen molar-refractivity contribution in [1.82, 2.24) is 0 Å². The molecule has 6 atom stereocenters. The Kier molecular flexibility index (Phi) is 9.22. The van der Waals surface area contributed by atoms with Crippen LogP contribution >= 0.6 is 11.8 Å². The van der Waals surface area contributed by atoms with Gasteiger partial charge in [0, 0.05) is 60.3 Å². The van der Waals surface area contributed by atoms with Crippen molar-refractivity contribution in [3.8, 4) is 16.9 Å². The summed E-state index contributed by atoms with van der Waals surface area (Å²) in [6.07, 6.45) is 8.12. The summed E-state index contributed by atoms with van der Waals surface area (Å²) in [5, 5.41) is 21.6. The van der Waals surface area contributed by atoms with Crippen molar-refractivity contribution in [2.45, 2.75) is 61.2 Å². The smallest absolute Gasteiger partial charge is 0.330 e. The monoisotopic (exact) mass is 767 g/mol. The first-order chi connectivity index (χ1) is 18.9. The zero-order chi connectivity index (χ0) is 27.1. The molecule has 4 nitrogen and oxygen atoms in total. The van der Waals surface area contributed by atoms with Crippen molar-refractivity contribution >= 4 is 23.8 Å². The number of ether oxygens (including phenoxy) is 1. The Hall–Kier alpha value is -1.58. The predicted octanol–water partition coefficient (Wildman–Crippen LogP) is 7.23. The topological polar surface area (TPSA) is 66.8 Å². The molecule has 2 N–H and O–H groups in total. The van der Waals surface area contributed by atoms with Crippen LogP contribution in [0.4, 0.5) is 0 Å². The molecular formula is C34H36AcO4S. The molecule has 205 valence electrons. The molecule has 0 bridgehead atoms. The third-order valence-electron chi connectivity index (χ3n) is 9.66. The number of rotatable bonds is 5. The van der Waals surface area contributed by atoms with Gasteiger partial charge in [-0.1, -0.05) is 49.4 Å². The molecule has 3 aliphatic carbocycles. The van der Waals surface area contributed by atoms with Gasteiger partial charge in [-0.2, -0.15) is 0 Å². The first kappa shape index (κ1) is 29.9. The molecule has 6 heteroatoms. The second-order valence-corrected chi connectivity index (χ2v) is 13.0. The number of fused-ring (bicyclic) bond motifs is 5. The minimum Gasteiger partial charge on any atom is -0.508 e. The second-order valence-electron chi connectivity index (χ2n) is 11.7. The zero-order valence-corrected chi connectivity index (χ0v) is 28.7. The molecule has 0 amide bonds. The Morgan fingerprint density at radius 2 is 1.70 bits per heavy atom. The summed E-state index contributed by atoms with van der Waals surface area (Å²) < 4.78 is 4.66. The Morgan fingerprint density at radius 3 is 2.40 bits per heavy atom. The number of aliphatic hydroxyl groups is 1. The number of hydrogen-bond acceptors (Lipinski definition) is 5. The van der Waals surface area contributed by atoms with Gasteiger partial charge in [0.1, 0.15) is 5.75 Å². The summed E-state index contributed by atoms with van der Waals surface area (Å²) in [6.45, 7) is 2.32. The summed E-state index contributed by atoms with van der Waals surface area (Å²) in [5.74, 6) is 1.52. The van der Waals surface area contributed by atoms with Gasteiger partial charge in [-0.05, 0) is 113 Å². The van der Waals surface area contributed by atoms with E-state index < -0.39 is 0 Å². The molecule has 40 heavy (non-hydrogen) atoms. The average Bonchev–Trinajstić information content (AvgIpc) is 3.26. The van der Waals surface area contributed by atoms with Crippen LogP contribution in [0.3, 0.4) is 0 Å². The van der Waals surface area contributed by atoms with Crippen LogP contribution in [-0.4, -0.2) is 34.6 Å². The maximum Gasteiger partial charge on any atom is 0.330 e. The number of carbonyl (C=O) groups is 1. The number of benzene rings is 3. The summed E-state index contributed by atoms with van der Waals surface area (Å²) in [7, 11) is 1.37. The molecule has 2 saturated carbocycles. The van der Waals surface area contributed by atoms with E-state index in [2.05, 4.69) is 54.1 Å². The van der Waals surface area contributed by atoms with Gasteiger partial charge in [0.25, 0.3) is 0 Å². The van der Waals surface area contributed by atoms with Gasteiger partial charge in [-0.3, -0.25) is 0 Å². The fraction of sp³-hybridized carbons (Fsp3) is 0.382. The number of methoxy groups -OCH3 is 1. The molecule has 6 rings (SSSR count). The molecule has 3 aliphatic rings. The quantitative estimate of drug-likeness (QED) is 0.212. The van der Waals surface area contributed by atoms with Crippen molar-refractivity contribution in [3.63, 3.8) is 0 Å². The van der Waals surface area contributed by atoms with E-state index in [1.807, 2.05) is 36.0 Å².